The van der Waals surface area contributed by atoms with Gasteiger partial charge in [0.2, 0.25) is 0 Å². The van der Waals surface area contributed by atoms with Gasteiger partial charge in [0.05, 0.1) is 31.1 Å². The second kappa shape index (κ2) is 34.2. The van der Waals surface area contributed by atoms with Crippen molar-refractivity contribution >= 4 is 144 Å². The molecule has 4 aromatic carbocycles. The molecular weight excluding hydrogens is 1490 g/mol. The van der Waals surface area contributed by atoms with Gasteiger partial charge in [0.1, 0.15) is 58.7 Å². The number of ketones is 1. The molecule has 508 valence electrons. The smallest absolute Gasteiger partial charge is 0.413 e. The number of Topliss-reactive ketones (excluding diaryl/α,β-unsaturated/α-hetero) is 1. The fourth-order valence-electron chi connectivity index (χ4n) is 10.3. The number of rotatable bonds is 12. The van der Waals surface area contributed by atoms with E-state index in [1.807, 2.05) is 73.1 Å². The molecule has 4 aliphatic rings. The number of aryl methyl sites for hydroxylation is 2. The molecular formula is C67H78Br2Cl6LiN7O11Si. The van der Waals surface area contributed by atoms with Gasteiger partial charge in [0, 0.05) is 49.0 Å². The Labute approximate surface area is 615 Å². The molecule has 8 heterocycles. The molecule has 0 aliphatic carbocycles. The second-order valence-corrected chi connectivity index (χ2v) is 33.4. The van der Waals surface area contributed by atoms with E-state index < -0.39 is 69.0 Å². The Bertz CT molecular complexity index is 3890. The minimum Gasteiger partial charge on any atom is -0.413 e. The topological polar surface area (TPSA) is 193 Å². The fourth-order valence-corrected chi connectivity index (χ4v) is 13.3. The molecule has 0 bridgehead atoms. The molecule has 4 aromatic heterocycles. The summed E-state index contributed by atoms with van der Waals surface area (Å²) in [5, 5.41) is 14.7. The van der Waals surface area contributed by atoms with E-state index in [-0.39, 0.29) is 56.2 Å². The number of aliphatic hydroxyl groups is 1. The molecule has 1 N–H and O–H groups in total. The van der Waals surface area contributed by atoms with Crippen molar-refractivity contribution in [1.29, 1.82) is 0 Å². The number of amides is 1. The van der Waals surface area contributed by atoms with E-state index in [1.54, 1.807) is 61.0 Å². The zero-order chi connectivity index (χ0) is 68.1. The van der Waals surface area contributed by atoms with Crippen molar-refractivity contribution in [1.82, 2.24) is 34.1 Å². The quantitative estimate of drug-likeness (QED) is 0.0399. The van der Waals surface area contributed by atoms with Crippen molar-refractivity contribution < 1.29 is 71.2 Å². The maximum atomic E-state index is 14.1. The van der Waals surface area contributed by atoms with Crippen LogP contribution in [0, 0.1) is 6.07 Å². The first-order valence-electron chi connectivity index (χ1n) is 29.7. The first-order valence-corrected chi connectivity index (χ1v) is 36.5. The predicted octanol–water partition coefficient (Wildman–Crippen LogP) is 14.7. The molecule has 4 aliphatic heterocycles. The molecule has 0 spiro atoms. The number of hydrogen-bond acceptors (Lipinski definition) is 15. The Morgan fingerprint density at radius 3 is 1.56 bits per heavy atom. The van der Waals surface area contributed by atoms with Crippen molar-refractivity contribution in [3.05, 3.63) is 183 Å². The molecule has 0 saturated carbocycles. The molecule has 0 radical (unpaired) electrons. The van der Waals surface area contributed by atoms with Crippen molar-refractivity contribution in [3.8, 4) is 0 Å². The number of carbonyl (C=O) groups is 2. The summed E-state index contributed by atoms with van der Waals surface area (Å²) in [5.41, 5.74) is 5.64. The standard InChI is InChI=1S/C27H33Cl2N3O5Si.C16H19ClN4O5.C8H8BrCl.C8H8Cl.C7H6BrClO.CH4.Li/c1-26(2,3)38(6,7)34-13-15-12-16(28)8-9-17(15)19(33)20-21-22(37-27(4,5)36-21)25(35-20)32-11-10-18-23(29)30-14-31-24(18)32;1-16(2)25-9-10(14(22)20(3)23-4)24-15(11(9)26-16)21-6-5-8-12(17)18-7-19-13(8)21;1-2-6-5-7(10)3-4-8(6)9;1-2-7-4-3-5-8(9)6-7;8-7-2-1-6(9)3-5(7)4-10;;/h8-12,14,20-22,25H,13H2,1-7H3;5-7,9-11,15H,1-4H3;3-5H,2H2,1H3;3,5-6H,2H2,1H3;1-3,10H,4H2;1H4;/q;;;-1;;;+1/t20-,21-,22-,25-;9-,10+,11-,15-;;;;;/m11...../s1. The number of ether oxygens (including phenoxy) is 6. The maximum absolute atomic E-state index is 14.1. The van der Waals surface area contributed by atoms with E-state index in [0.29, 0.717) is 48.0 Å². The van der Waals surface area contributed by atoms with Crippen LogP contribution in [-0.4, -0.2) is 122 Å². The summed E-state index contributed by atoms with van der Waals surface area (Å²) in [6.07, 6.45) is 3.13. The Hall–Kier alpha value is -3.59. The molecule has 8 atom stereocenters. The second-order valence-electron chi connectivity index (χ2n) is 24.4. The number of hydroxylamine groups is 2. The number of carbonyl (C=O) groups excluding carboxylic acids is 2. The van der Waals surface area contributed by atoms with Crippen LogP contribution in [0.2, 0.25) is 48.5 Å². The number of benzene rings is 4. The minimum atomic E-state index is -2.07. The zero-order valence-electron chi connectivity index (χ0n) is 54.5. The van der Waals surface area contributed by atoms with Gasteiger partial charge in [-0.25, -0.2) is 25.0 Å². The van der Waals surface area contributed by atoms with E-state index in [0.717, 1.165) is 48.0 Å². The third-order valence-corrected chi connectivity index (χ3v) is 23.7. The third kappa shape index (κ3) is 19.5. The normalized spacial score (nSPS) is 21.2. The van der Waals surface area contributed by atoms with Crippen LogP contribution in [0.4, 0.5) is 0 Å². The van der Waals surface area contributed by atoms with Crippen LogP contribution in [0.3, 0.4) is 0 Å². The molecule has 4 saturated heterocycles. The van der Waals surface area contributed by atoms with E-state index in [9.17, 15) is 9.59 Å². The van der Waals surface area contributed by atoms with Crippen LogP contribution in [0.5, 0.6) is 0 Å². The van der Waals surface area contributed by atoms with Gasteiger partial charge in [-0.1, -0.05) is 143 Å². The van der Waals surface area contributed by atoms with E-state index >= 15 is 0 Å². The number of aliphatic hydroxyl groups excluding tert-OH is 1. The van der Waals surface area contributed by atoms with Gasteiger partial charge in [-0.15, -0.1) is 17.7 Å². The molecule has 4 fully saturated rings. The number of fused-ring (bicyclic) bond motifs is 4. The minimum absolute atomic E-state index is 0. The monoisotopic (exact) mass is 1560 g/mol. The van der Waals surface area contributed by atoms with Crippen LogP contribution in [0.25, 0.3) is 22.1 Å². The van der Waals surface area contributed by atoms with E-state index in [2.05, 4.69) is 106 Å². The number of hydrogen-bond donors (Lipinski definition) is 1. The molecule has 1 amide bonds. The van der Waals surface area contributed by atoms with E-state index in [4.69, 9.17) is 112 Å². The fraction of sp³-hybridized carbons (Fsp3) is 0.433. The summed E-state index contributed by atoms with van der Waals surface area (Å²) < 4.78 is 49.0. The molecule has 95 heavy (non-hydrogen) atoms. The summed E-state index contributed by atoms with van der Waals surface area (Å²) in [7, 11) is 0.864. The van der Waals surface area contributed by atoms with Crippen LogP contribution in [0.15, 0.2) is 119 Å². The number of nitrogens with zero attached hydrogens (tertiary/aromatic N) is 7. The van der Waals surface area contributed by atoms with Gasteiger partial charge in [0.25, 0.3) is 5.91 Å². The van der Waals surface area contributed by atoms with Crippen LogP contribution in [0.1, 0.15) is 115 Å². The first kappa shape index (κ1) is 80.4. The number of halogens is 8. The molecule has 0 unspecified atom stereocenters. The Morgan fingerprint density at radius 2 is 1.12 bits per heavy atom. The summed E-state index contributed by atoms with van der Waals surface area (Å²) in [6, 6.07) is 28.7. The van der Waals surface area contributed by atoms with Gasteiger partial charge >= 0.3 is 18.9 Å². The van der Waals surface area contributed by atoms with Crippen LogP contribution in [-0.2, 0) is 68.5 Å². The summed E-state index contributed by atoms with van der Waals surface area (Å²) in [4.78, 5) is 48.5. The average molecular weight is 1560 g/mol. The van der Waals surface area contributed by atoms with Gasteiger partial charge in [-0.3, -0.25) is 14.4 Å². The van der Waals surface area contributed by atoms with Gasteiger partial charge in [-0.05, 0) is 136 Å². The number of aromatic nitrogens is 6. The van der Waals surface area contributed by atoms with Crippen molar-refractivity contribution in [3.63, 3.8) is 0 Å². The van der Waals surface area contributed by atoms with Crippen LogP contribution < -0.4 is 18.9 Å². The molecule has 8 aromatic rings. The predicted molar refractivity (Wildman–Crippen MR) is 378 cm³/mol. The maximum Gasteiger partial charge on any atom is 1.00 e. The van der Waals surface area contributed by atoms with Crippen molar-refractivity contribution in [2.45, 2.75) is 175 Å². The summed E-state index contributed by atoms with van der Waals surface area (Å²) >= 11 is 42.6. The van der Waals surface area contributed by atoms with Crippen LogP contribution >= 0.6 is 101 Å². The molecule has 18 nitrogen and oxygen atoms in total. The zero-order valence-corrected chi connectivity index (χ0v) is 63.2. The summed E-state index contributed by atoms with van der Waals surface area (Å²) in [6.45, 7) is 22.6. The third-order valence-electron chi connectivity index (χ3n) is 16.1. The Morgan fingerprint density at radius 1 is 0.663 bits per heavy atom. The average Bonchev–Trinajstić information content (AvgIpc) is 1.59. The Balaban J connectivity index is 0.000000214. The number of likely N-dealkylation sites (N-methyl/N-ethyl adjacent to an activating group) is 1. The summed E-state index contributed by atoms with van der Waals surface area (Å²) in [5.74, 6) is -2.29. The molecule has 28 heteroatoms. The largest absolute Gasteiger partial charge is 1.00 e. The SMILES string of the molecule is C.CC1(C)O[C@@H]2[C@H](O1)[C@@H](C(=O)c1ccc(Cl)cc1CO[Si](C)(C)C(C)(C)C)O[C@H]2n1ccc2c(Cl)ncnc21.CCc1[c-]ccc(Cl)c1.CCc1cc(Cl)ccc1Br.CON(C)C(=O)[C@H]1O[C@@H](n2ccc3c(Cl)ncnc32)[C@@H]2OC(C)(C)O[C@@H]21.OCc1cc(Cl)ccc1Br.[Li+]. The van der Waals surface area contributed by atoms with Crippen molar-refractivity contribution in [2.24, 2.45) is 0 Å². The van der Waals surface area contributed by atoms with Gasteiger partial charge in [-0.2, -0.15) is 23.8 Å². The first-order chi connectivity index (χ1) is 43.8. The Kier molecular flexibility index (Phi) is 28.9. The van der Waals surface area contributed by atoms with E-state index in [1.165, 1.54) is 37.9 Å². The van der Waals surface area contributed by atoms with Gasteiger partial charge < -0.3 is 47.1 Å². The van der Waals surface area contributed by atoms with Crippen molar-refractivity contribution in [2.75, 3.05) is 14.2 Å². The van der Waals surface area contributed by atoms with Gasteiger partial charge in [0.15, 0.2) is 50.3 Å². The molecule has 12 rings (SSSR count).